The van der Waals surface area contributed by atoms with Gasteiger partial charge >= 0.3 is 6.18 Å². The topological polar surface area (TPSA) is 53.6 Å². The third-order valence-electron chi connectivity index (χ3n) is 5.54. The fourth-order valence-corrected chi connectivity index (χ4v) is 4.11. The minimum Gasteiger partial charge on any atom is -0.370 e. The van der Waals surface area contributed by atoms with Crippen LogP contribution in [-0.2, 0) is 12.6 Å². The van der Waals surface area contributed by atoms with Gasteiger partial charge in [0.25, 0.3) is 0 Å². The molecular weight excluding hydrogens is 437 g/mol. The van der Waals surface area contributed by atoms with Crippen molar-refractivity contribution in [2.75, 3.05) is 11.9 Å². The highest BCUT2D eigenvalue weighted by molar-refractivity contribution is 6.30. The molecule has 1 aromatic carbocycles. The molecule has 4 heterocycles. The first kappa shape index (κ1) is 20.6. The molecule has 0 atom stereocenters. The lowest BCUT2D eigenvalue weighted by atomic mass is 10.0. The predicted octanol–water partition coefficient (Wildman–Crippen LogP) is 6.83. The Bertz CT molecular complexity index is 1340. The van der Waals surface area contributed by atoms with Crippen LogP contribution in [0.4, 0.5) is 19.0 Å². The number of hydrogen-bond acceptors (Lipinski definition) is 3. The van der Waals surface area contributed by atoms with Crippen LogP contribution in [-0.4, -0.2) is 21.5 Å². The number of hydrogen-bond donors (Lipinski definition) is 2. The molecule has 0 radical (unpaired) electrons. The molecule has 1 aliphatic heterocycles. The lowest BCUT2D eigenvalue weighted by Crippen LogP contribution is -2.13. The van der Waals surface area contributed by atoms with E-state index in [1.165, 1.54) is 23.8 Å². The molecular formula is C24H18ClF3N4. The van der Waals surface area contributed by atoms with Gasteiger partial charge in [-0.2, -0.15) is 13.2 Å². The van der Waals surface area contributed by atoms with Crippen LogP contribution < -0.4 is 5.32 Å². The summed E-state index contributed by atoms with van der Waals surface area (Å²) in [5, 5.41) is 4.35. The van der Waals surface area contributed by atoms with Gasteiger partial charge in [-0.3, -0.25) is 0 Å². The number of fused-ring (bicyclic) bond motifs is 2. The smallest absolute Gasteiger partial charge is 0.370 e. The Morgan fingerprint density at radius 2 is 1.75 bits per heavy atom. The lowest BCUT2D eigenvalue weighted by molar-refractivity contribution is -0.137. The molecule has 5 rings (SSSR count). The molecule has 1 aliphatic rings. The fourth-order valence-electron chi connectivity index (χ4n) is 3.93. The Morgan fingerprint density at radius 3 is 2.59 bits per heavy atom. The van der Waals surface area contributed by atoms with Gasteiger partial charge in [-0.25, -0.2) is 9.97 Å². The minimum atomic E-state index is -4.46. The highest BCUT2D eigenvalue weighted by Gasteiger charge is 2.32. The monoisotopic (exact) mass is 454 g/mol. The average Bonchev–Trinajstić information content (AvgIpc) is 3.19. The third-order valence-corrected chi connectivity index (χ3v) is 5.77. The van der Waals surface area contributed by atoms with E-state index in [-0.39, 0.29) is 10.6 Å². The van der Waals surface area contributed by atoms with Gasteiger partial charge in [-0.1, -0.05) is 23.8 Å². The molecule has 32 heavy (non-hydrogen) atoms. The number of alkyl halides is 3. The van der Waals surface area contributed by atoms with Crippen molar-refractivity contribution >= 4 is 40.6 Å². The van der Waals surface area contributed by atoms with E-state index >= 15 is 0 Å². The van der Waals surface area contributed by atoms with Gasteiger partial charge in [-0.05, 0) is 54.3 Å². The first-order valence-electron chi connectivity index (χ1n) is 10.1. The van der Waals surface area contributed by atoms with Crippen LogP contribution in [0, 0.1) is 0 Å². The van der Waals surface area contributed by atoms with Gasteiger partial charge in [0, 0.05) is 52.2 Å². The maximum Gasteiger partial charge on any atom is 0.416 e. The van der Waals surface area contributed by atoms with Crippen molar-refractivity contribution in [2.45, 2.75) is 19.0 Å². The molecule has 0 saturated heterocycles. The molecule has 0 amide bonds. The number of aromatic amines is 1. The SMILES string of the molecule is FC(F)(F)c1ccc(Cl)cc1/C=C/c1c[nH]c2ncc(-c3cnc4c(c3)CCCN4)cc12. The molecule has 2 N–H and O–H groups in total. The van der Waals surface area contributed by atoms with E-state index in [2.05, 4.69) is 26.3 Å². The van der Waals surface area contributed by atoms with Gasteiger partial charge in [0.2, 0.25) is 0 Å². The van der Waals surface area contributed by atoms with E-state index in [4.69, 9.17) is 11.6 Å². The van der Waals surface area contributed by atoms with Crippen molar-refractivity contribution in [3.63, 3.8) is 0 Å². The molecule has 0 spiro atoms. The van der Waals surface area contributed by atoms with E-state index in [0.29, 0.717) is 5.65 Å². The molecule has 3 aromatic heterocycles. The Balaban J connectivity index is 1.52. The Kier molecular flexibility index (Phi) is 5.13. The number of halogens is 4. The van der Waals surface area contributed by atoms with Gasteiger partial charge in [-0.15, -0.1) is 0 Å². The molecule has 0 fully saturated rings. The number of nitrogens with one attached hydrogen (secondary N) is 2. The highest BCUT2D eigenvalue weighted by Crippen LogP contribution is 2.35. The zero-order valence-electron chi connectivity index (χ0n) is 16.8. The predicted molar refractivity (Wildman–Crippen MR) is 122 cm³/mol. The summed E-state index contributed by atoms with van der Waals surface area (Å²) in [7, 11) is 0. The number of nitrogens with zero attached hydrogens (tertiary/aromatic N) is 2. The summed E-state index contributed by atoms with van der Waals surface area (Å²) in [4.78, 5) is 12.1. The highest BCUT2D eigenvalue weighted by atomic mass is 35.5. The lowest BCUT2D eigenvalue weighted by Gasteiger charge is -2.17. The van der Waals surface area contributed by atoms with Gasteiger partial charge in [0.1, 0.15) is 11.5 Å². The van der Waals surface area contributed by atoms with Crippen molar-refractivity contribution in [3.05, 3.63) is 76.2 Å². The van der Waals surface area contributed by atoms with E-state index in [0.717, 1.165) is 53.3 Å². The number of aryl methyl sites for hydroxylation is 1. The summed E-state index contributed by atoms with van der Waals surface area (Å²) >= 11 is 5.93. The van der Waals surface area contributed by atoms with Crippen molar-refractivity contribution in [2.24, 2.45) is 0 Å². The second-order valence-electron chi connectivity index (χ2n) is 7.69. The van der Waals surface area contributed by atoms with Crippen LogP contribution in [0.1, 0.15) is 28.7 Å². The summed E-state index contributed by atoms with van der Waals surface area (Å²) < 4.78 is 40.1. The minimum absolute atomic E-state index is 0.00912. The second-order valence-corrected chi connectivity index (χ2v) is 8.13. The van der Waals surface area contributed by atoms with Gasteiger partial charge in [0.05, 0.1) is 5.56 Å². The maximum absolute atomic E-state index is 13.4. The van der Waals surface area contributed by atoms with Crippen LogP contribution in [0.5, 0.6) is 0 Å². The summed E-state index contributed by atoms with van der Waals surface area (Å²) in [5.74, 6) is 0.918. The first-order chi connectivity index (χ1) is 15.4. The quantitative estimate of drug-likeness (QED) is 0.357. The van der Waals surface area contributed by atoms with Crippen LogP contribution in [0.3, 0.4) is 0 Å². The van der Waals surface area contributed by atoms with Crippen LogP contribution >= 0.6 is 11.6 Å². The molecule has 0 saturated carbocycles. The normalized spacial score (nSPS) is 14.0. The molecule has 0 bridgehead atoms. The fraction of sp³-hybridized carbons (Fsp3) is 0.167. The number of pyridine rings is 2. The molecule has 0 aliphatic carbocycles. The van der Waals surface area contributed by atoms with E-state index in [1.54, 1.807) is 18.5 Å². The van der Waals surface area contributed by atoms with E-state index in [1.807, 2.05) is 12.3 Å². The van der Waals surface area contributed by atoms with Crippen LogP contribution in [0.25, 0.3) is 34.3 Å². The van der Waals surface area contributed by atoms with Crippen molar-refractivity contribution < 1.29 is 13.2 Å². The zero-order chi connectivity index (χ0) is 22.3. The molecule has 4 aromatic rings. The Labute approximate surface area is 187 Å². The third kappa shape index (κ3) is 3.96. The second kappa shape index (κ2) is 7.98. The summed E-state index contributed by atoms with van der Waals surface area (Å²) in [6.07, 6.45) is 5.94. The van der Waals surface area contributed by atoms with Crippen LogP contribution in [0.15, 0.2) is 48.9 Å². The van der Waals surface area contributed by atoms with Gasteiger partial charge < -0.3 is 10.3 Å². The van der Waals surface area contributed by atoms with E-state index in [9.17, 15) is 13.2 Å². The molecule has 8 heteroatoms. The molecule has 4 nitrogen and oxygen atoms in total. The summed E-state index contributed by atoms with van der Waals surface area (Å²) in [5.41, 5.74) is 3.68. The van der Waals surface area contributed by atoms with Crippen molar-refractivity contribution in [1.82, 2.24) is 15.0 Å². The van der Waals surface area contributed by atoms with Gasteiger partial charge in [0.15, 0.2) is 0 Å². The van der Waals surface area contributed by atoms with Crippen molar-refractivity contribution in [3.8, 4) is 11.1 Å². The van der Waals surface area contributed by atoms with Crippen molar-refractivity contribution in [1.29, 1.82) is 0 Å². The van der Waals surface area contributed by atoms with Crippen LogP contribution in [0.2, 0.25) is 5.02 Å². The molecule has 0 unspecified atom stereocenters. The Morgan fingerprint density at radius 1 is 0.969 bits per heavy atom. The standard InChI is InChI=1S/C24H18ClF3N4/c25-19-5-6-21(24(26,27)28)14(9-19)3-4-16-11-31-23-20(16)10-18(13-32-23)17-8-15-2-1-7-29-22(15)30-12-17/h3-6,8-13H,1-2,7H2,(H,29,30)(H,31,32)/b4-3+. The first-order valence-corrected chi connectivity index (χ1v) is 10.5. The number of H-pyrrole nitrogens is 1. The maximum atomic E-state index is 13.4. The number of aromatic nitrogens is 3. The number of benzene rings is 1. The average molecular weight is 455 g/mol. The summed E-state index contributed by atoms with van der Waals surface area (Å²) in [6, 6.07) is 7.63. The number of rotatable bonds is 3. The largest absolute Gasteiger partial charge is 0.416 e. The number of anilines is 1. The Hall–Kier alpha value is -3.32. The summed E-state index contributed by atoms with van der Waals surface area (Å²) in [6.45, 7) is 0.925. The van der Waals surface area contributed by atoms with E-state index < -0.39 is 11.7 Å². The zero-order valence-corrected chi connectivity index (χ0v) is 17.6. The molecule has 162 valence electrons.